The summed E-state index contributed by atoms with van der Waals surface area (Å²) in [6, 6.07) is 3.56. The van der Waals surface area contributed by atoms with Crippen LogP contribution in [0, 0.1) is 12.8 Å². The summed E-state index contributed by atoms with van der Waals surface area (Å²) in [5, 5.41) is 8.87. The maximum atomic E-state index is 12.6. The number of carboxylic acid groups (broad SMARTS) is 1. The first-order chi connectivity index (χ1) is 12.9. The summed E-state index contributed by atoms with van der Waals surface area (Å²) in [5.41, 5.74) is 1.26. The molecule has 27 heavy (non-hydrogen) atoms. The van der Waals surface area contributed by atoms with Gasteiger partial charge in [-0.3, -0.25) is 19.4 Å². The lowest BCUT2D eigenvalue weighted by molar-refractivity contribution is -0.138. The number of carbonyl (C=O) groups excluding carboxylic acids is 1. The highest BCUT2D eigenvalue weighted by Gasteiger charge is 2.25. The van der Waals surface area contributed by atoms with Crippen LogP contribution < -0.4 is 5.56 Å². The van der Waals surface area contributed by atoms with Crippen LogP contribution in [0.4, 0.5) is 0 Å². The molecule has 3 heterocycles. The third kappa shape index (κ3) is 4.58. The van der Waals surface area contributed by atoms with Crippen LogP contribution in [0.2, 0.25) is 0 Å². The number of aromatic nitrogens is 3. The van der Waals surface area contributed by atoms with Gasteiger partial charge in [0.05, 0.1) is 6.42 Å². The number of nitrogens with zero attached hydrogens (tertiary/aromatic N) is 3. The fourth-order valence-electron chi connectivity index (χ4n) is 3.35. The van der Waals surface area contributed by atoms with Crippen molar-refractivity contribution >= 4 is 11.9 Å². The molecule has 0 radical (unpaired) electrons. The van der Waals surface area contributed by atoms with Gasteiger partial charge in [0.25, 0.3) is 5.56 Å². The van der Waals surface area contributed by atoms with Gasteiger partial charge in [-0.15, -0.1) is 0 Å². The number of likely N-dealkylation sites (tertiary alicyclic amines) is 1. The number of piperidine rings is 1. The Kier molecular flexibility index (Phi) is 5.63. The Morgan fingerprint density at radius 2 is 2.07 bits per heavy atom. The molecular weight excluding hydrogens is 348 g/mol. The molecule has 2 aromatic rings. The zero-order valence-corrected chi connectivity index (χ0v) is 15.1. The van der Waals surface area contributed by atoms with E-state index in [1.807, 2.05) is 0 Å². The highest BCUT2D eigenvalue weighted by molar-refractivity contribution is 5.79. The van der Waals surface area contributed by atoms with Gasteiger partial charge in [-0.05, 0) is 37.8 Å². The number of nitrogens with one attached hydrogen (secondary N) is 1. The van der Waals surface area contributed by atoms with Crippen molar-refractivity contribution in [3.63, 3.8) is 0 Å². The van der Waals surface area contributed by atoms with Crippen LogP contribution in [0.15, 0.2) is 29.3 Å². The summed E-state index contributed by atoms with van der Waals surface area (Å²) in [7, 11) is 0. The van der Waals surface area contributed by atoms with Gasteiger partial charge in [0, 0.05) is 48.7 Å². The lowest BCUT2D eigenvalue weighted by atomic mass is 9.93. The molecule has 1 aliphatic heterocycles. The molecule has 142 valence electrons. The summed E-state index contributed by atoms with van der Waals surface area (Å²) in [6.45, 7) is 2.76. The molecule has 0 aliphatic carbocycles. The number of rotatable bonds is 5. The number of pyridine rings is 1. The Morgan fingerprint density at radius 1 is 1.33 bits per heavy atom. The Hall–Kier alpha value is -3.03. The van der Waals surface area contributed by atoms with Crippen LogP contribution in [0.1, 0.15) is 30.5 Å². The van der Waals surface area contributed by atoms with Crippen LogP contribution in [-0.2, 0) is 16.0 Å². The molecule has 0 saturated carbocycles. The fourth-order valence-corrected chi connectivity index (χ4v) is 3.35. The number of aryl methyl sites for hydroxylation is 1. The van der Waals surface area contributed by atoms with Gasteiger partial charge in [-0.1, -0.05) is 0 Å². The maximum Gasteiger partial charge on any atom is 0.303 e. The highest BCUT2D eigenvalue weighted by Crippen LogP contribution is 2.21. The lowest BCUT2D eigenvalue weighted by Crippen LogP contribution is -2.40. The number of hydrogen-bond acceptors (Lipinski definition) is 5. The quantitative estimate of drug-likeness (QED) is 0.822. The Labute approximate surface area is 156 Å². The molecule has 8 nitrogen and oxygen atoms in total. The van der Waals surface area contributed by atoms with E-state index in [1.165, 1.54) is 0 Å². The van der Waals surface area contributed by atoms with Gasteiger partial charge in [-0.2, -0.15) is 0 Å². The first-order valence-electron chi connectivity index (χ1n) is 8.94. The Bertz CT molecular complexity index is 886. The number of hydrogen-bond donors (Lipinski definition) is 2. The minimum atomic E-state index is -0.804. The van der Waals surface area contributed by atoms with E-state index in [4.69, 9.17) is 5.11 Å². The monoisotopic (exact) mass is 370 g/mol. The van der Waals surface area contributed by atoms with E-state index >= 15 is 0 Å². The van der Waals surface area contributed by atoms with E-state index in [0.29, 0.717) is 48.6 Å². The molecule has 0 aromatic carbocycles. The topological polar surface area (TPSA) is 116 Å². The second kappa shape index (κ2) is 8.11. The molecule has 1 saturated heterocycles. The Morgan fingerprint density at radius 3 is 2.67 bits per heavy atom. The number of carbonyl (C=O) groups is 2. The summed E-state index contributed by atoms with van der Waals surface area (Å²) < 4.78 is 0. The molecule has 2 aromatic heterocycles. The zero-order chi connectivity index (χ0) is 19.4. The molecule has 8 heteroatoms. The van der Waals surface area contributed by atoms with Gasteiger partial charge in [-0.25, -0.2) is 4.98 Å². The third-order valence-electron chi connectivity index (χ3n) is 4.92. The van der Waals surface area contributed by atoms with E-state index < -0.39 is 5.97 Å². The minimum Gasteiger partial charge on any atom is -0.481 e. The summed E-state index contributed by atoms with van der Waals surface area (Å²) >= 11 is 0. The van der Waals surface area contributed by atoms with Crippen LogP contribution in [0.5, 0.6) is 0 Å². The van der Waals surface area contributed by atoms with Crippen molar-refractivity contribution in [1.29, 1.82) is 0 Å². The minimum absolute atomic E-state index is 0.00885. The predicted molar refractivity (Wildman–Crippen MR) is 98.1 cm³/mol. The van der Waals surface area contributed by atoms with Gasteiger partial charge < -0.3 is 15.0 Å². The number of aromatic amines is 1. The molecule has 0 bridgehead atoms. The first kappa shape index (κ1) is 18.8. The van der Waals surface area contributed by atoms with Crippen molar-refractivity contribution in [3.8, 4) is 11.4 Å². The molecule has 0 atom stereocenters. The second-order valence-electron chi connectivity index (χ2n) is 6.82. The predicted octanol–water partition coefficient (Wildman–Crippen LogP) is 1.40. The number of carboxylic acids is 1. The van der Waals surface area contributed by atoms with E-state index in [0.717, 1.165) is 0 Å². The van der Waals surface area contributed by atoms with Crippen molar-refractivity contribution in [2.75, 3.05) is 13.1 Å². The van der Waals surface area contributed by atoms with Crippen molar-refractivity contribution in [3.05, 3.63) is 46.1 Å². The van der Waals surface area contributed by atoms with Gasteiger partial charge in [0.15, 0.2) is 0 Å². The van der Waals surface area contributed by atoms with Crippen molar-refractivity contribution in [2.24, 2.45) is 5.92 Å². The SMILES string of the molecule is Cc1nc(-c2cccnc2)[nH]c(=O)c1CC(=O)N1CCC(CC(=O)O)CC1. The number of aliphatic carboxylic acids is 1. The number of amides is 1. The standard InChI is InChI=1S/C19H22N4O4/c1-12-15(19(27)22-18(21-12)14-3-2-6-20-11-14)10-16(24)23-7-4-13(5-8-23)9-17(25)26/h2-3,6,11,13H,4-5,7-10H2,1H3,(H,25,26)(H,21,22,27). The largest absolute Gasteiger partial charge is 0.481 e. The summed E-state index contributed by atoms with van der Waals surface area (Å²) in [4.78, 5) is 48.7. The molecule has 1 amide bonds. The number of H-pyrrole nitrogens is 1. The van der Waals surface area contributed by atoms with Gasteiger partial charge in [0.1, 0.15) is 5.82 Å². The molecular formula is C19H22N4O4. The summed E-state index contributed by atoms with van der Waals surface area (Å²) in [5.74, 6) is -0.400. The summed E-state index contributed by atoms with van der Waals surface area (Å²) in [6.07, 6.45) is 4.73. The van der Waals surface area contributed by atoms with Crippen LogP contribution in [0.3, 0.4) is 0 Å². The third-order valence-corrected chi connectivity index (χ3v) is 4.92. The fraction of sp³-hybridized carbons (Fsp3) is 0.421. The first-order valence-corrected chi connectivity index (χ1v) is 8.94. The van der Waals surface area contributed by atoms with Crippen molar-refractivity contribution in [2.45, 2.75) is 32.6 Å². The van der Waals surface area contributed by atoms with Crippen molar-refractivity contribution < 1.29 is 14.7 Å². The average molecular weight is 370 g/mol. The molecule has 1 fully saturated rings. The van der Waals surface area contributed by atoms with E-state index in [9.17, 15) is 14.4 Å². The van der Waals surface area contributed by atoms with Crippen LogP contribution in [0.25, 0.3) is 11.4 Å². The normalized spacial score (nSPS) is 14.9. The molecule has 1 aliphatic rings. The Balaban J connectivity index is 1.68. The van der Waals surface area contributed by atoms with E-state index in [2.05, 4.69) is 15.0 Å². The smallest absolute Gasteiger partial charge is 0.303 e. The molecule has 0 unspecified atom stereocenters. The zero-order valence-electron chi connectivity index (χ0n) is 15.1. The molecule has 3 rings (SSSR count). The maximum absolute atomic E-state index is 12.6. The lowest BCUT2D eigenvalue weighted by Gasteiger charge is -2.31. The van der Waals surface area contributed by atoms with Gasteiger partial charge >= 0.3 is 5.97 Å². The van der Waals surface area contributed by atoms with E-state index in [-0.39, 0.29) is 30.2 Å². The van der Waals surface area contributed by atoms with Crippen LogP contribution in [-0.4, -0.2) is 49.9 Å². The van der Waals surface area contributed by atoms with Crippen LogP contribution >= 0.6 is 0 Å². The molecule has 2 N–H and O–H groups in total. The highest BCUT2D eigenvalue weighted by atomic mass is 16.4. The average Bonchev–Trinajstić information content (AvgIpc) is 2.65. The molecule has 0 spiro atoms. The van der Waals surface area contributed by atoms with E-state index in [1.54, 1.807) is 36.4 Å². The van der Waals surface area contributed by atoms with Gasteiger partial charge in [0.2, 0.25) is 5.91 Å². The van der Waals surface area contributed by atoms with Crippen molar-refractivity contribution in [1.82, 2.24) is 19.9 Å². The second-order valence-corrected chi connectivity index (χ2v) is 6.82.